The fraction of sp³-hybridized carbons (Fsp3) is 1.00. The molecule has 5 heteroatoms. The number of aliphatic hydroxyl groups excluding tert-OH is 4. The van der Waals surface area contributed by atoms with Crippen molar-refractivity contribution in [2.75, 3.05) is 6.61 Å². The number of aliphatic hydroxyl groups is 4. The Balaban J connectivity index is 2.63. The zero-order valence-corrected chi connectivity index (χ0v) is 6.79. The van der Waals surface area contributed by atoms with E-state index in [0.29, 0.717) is 0 Å². The van der Waals surface area contributed by atoms with Crippen LogP contribution < -0.4 is 0 Å². The molecule has 0 aromatic rings. The minimum Gasteiger partial charge on any atom is -0.394 e. The SMILES string of the molecule is CC1O[C@H](CO)[C@H](O)[C@H](O)[C@@H]1O. The van der Waals surface area contributed by atoms with Gasteiger partial charge in [-0.1, -0.05) is 0 Å². The van der Waals surface area contributed by atoms with Crippen LogP contribution in [0.15, 0.2) is 0 Å². The van der Waals surface area contributed by atoms with Gasteiger partial charge in [0.2, 0.25) is 0 Å². The standard InChI is InChI=1S/C7H14O5/c1-3-5(9)7(11)6(10)4(2-8)12-3/h3-11H,2H2,1H3/t3?,4-,5-,6+,7-/m1/s1. The molecule has 12 heavy (non-hydrogen) atoms. The van der Waals surface area contributed by atoms with E-state index in [-0.39, 0.29) is 6.61 Å². The highest BCUT2D eigenvalue weighted by Gasteiger charge is 2.41. The Bertz CT molecular complexity index is 146. The first-order chi connectivity index (χ1) is 5.57. The zero-order chi connectivity index (χ0) is 9.30. The van der Waals surface area contributed by atoms with Gasteiger partial charge in [-0.25, -0.2) is 0 Å². The van der Waals surface area contributed by atoms with Crippen molar-refractivity contribution in [1.29, 1.82) is 0 Å². The van der Waals surface area contributed by atoms with E-state index in [0.717, 1.165) is 0 Å². The predicted molar refractivity (Wildman–Crippen MR) is 39.4 cm³/mol. The van der Waals surface area contributed by atoms with E-state index in [1.165, 1.54) is 0 Å². The van der Waals surface area contributed by atoms with Crippen LogP contribution in [0, 0.1) is 0 Å². The van der Waals surface area contributed by atoms with Crippen LogP contribution in [-0.2, 0) is 4.74 Å². The van der Waals surface area contributed by atoms with Crippen molar-refractivity contribution >= 4 is 0 Å². The first-order valence-corrected chi connectivity index (χ1v) is 3.88. The quantitative estimate of drug-likeness (QED) is 0.367. The summed E-state index contributed by atoms with van der Waals surface area (Å²) < 4.78 is 5.02. The monoisotopic (exact) mass is 178 g/mol. The molecule has 0 spiro atoms. The highest BCUT2D eigenvalue weighted by molar-refractivity contribution is 4.89. The average molecular weight is 178 g/mol. The average Bonchev–Trinajstić information content (AvgIpc) is 2.08. The summed E-state index contributed by atoms with van der Waals surface area (Å²) in [5.74, 6) is 0. The maximum atomic E-state index is 9.23. The molecule has 0 aromatic heterocycles. The van der Waals surface area contributed by atoms with Gasteiger partial charge in [-0.15, -0.1) is 0 Å². The van der Waals surface area contributed by atoms with Crippen LogP contribution in [0.4, 0.5) is 0 Å². The van der Waals surface area contributed by atoms with Gasteiger partial charge in [0, 0.05) is 0 Å². The molecule has 0 bridgehead atoms. The van der Waals surface area contributed by atoms with Gasteiger partial charge in [-0.3, -0.25) is 0 Å². The predicted octanol–water partition coefficient (Wildman–Crippen LogP) is -2.15. The van der Waals surface area contributed by atoms with Gasteiger partial charge in [0.25, 0.3) is 0 Å². The maximum Gasteiger partial charge on any atom is 0.111 e. The smallest absolute Gasteiger partial charge is 0.111 e. The summed E-state index contributed by atoms with van der Waals surface area (Å²) in [6.45, 7) is 1.21. The Morgan fingerprint density at radius 1 is 1.08 bits per heavy atom. The molecule has 4 N–H and O–H groups in total. The molecule has 0 saturated carbocycles. The first-order valence-electron chi connectivity index (χ1n) is 3.88. The molecule has 0 amide bonds. The van der Waals surface area contributed by atoms with Gasteiger partial charge in [0.05, 0.1) is 12.7 Å². The van der Waals surface area contributed by atoms with Gasteiger partial charge in [-0.05, 0) is 6.92 Å². The molecular formula is C7H14O5. The van der Waals surface area contributed by atoms with Crippen molar-refractivity contribution < 1.29 is 25.2 Å². The number of hydrogen-bond donors (Lipinski definition) is 4. The van der Waals surface area contributed by atoms with Gasteiger partial charge in [-0.2, -0.15) is 0 Å². The van der Waals surface area contributed by atoms with Gasteiger partial charge in [0.1, 0.15) is 24.4 Å². The van der Waals surface area contributed by atoms with Crippen LogP contribution in [0.2, 0.25) is 0 Å². The summed E-state index contributed by atoms with van der Waals surface area (Å²) in [6.07, 6.45) is -4.94. The summed E-state index contributed by atoms with van der Waals surface area (Å²) in [5, 5.41) is 36.4. The van der Waals surface area contributed by atoms with Crippen LogP contribution in [0.5, 0.6) is 0 Å². The van der Waals surface area contributed by atoms with Crippen LogP contribution in [0.3, 0.4) is 0 Å². The Hall–Kier alpha value is -0.200. The van der Waals surface area contributed by atoms with Crippen molar-refractivity contribution in [1.82, 2.24) is 0 Å². The van der Waals surface area contributed by atoms with Crippen LogP contribution >= 0.6 is 0 Å². The Morgan fingerprint density at radius 3 is 2.17 bits per heavy atom. The van der Waals surface area contributed by atoms with Crippen molar-refractivity contribution in [3.63, 3.8) is 0 Å². The highest BCUT2D eigenvalue weighted by atomic mass is 16.5. The summed E-state index contributed by atoms with van der Waals surface area (Å²) in [7, 11) is 0. The Kier molecular flexibility index (Phi) is 3.03. The minimum atomic E-state index is -1.24. The summed E-state index contributed by atoms with van der Waals surface area (Å²) >= 11 is 0. The van der Waals surface area contributed by atoms with E-state index < -0.39 is 30.5 Å². The van der Waals surface area contributed by atoms with Crippen LogP contribution in [0.1, 0.15) is 6.92 Å². The molecule has 1 aliphatic heterocycles. The largest absolute Gasteiger partial charge is 0.394 e. The second-order valence-corrected chi connectivity index (χ2v) is 3.03. The summed E-state index contributed by atoms with van der Waals surface area (Å²) in [4.78, 5) is 0. The lowest BCUT2D eigenvalue weighted by molar-refractivity contribution is -0.224. The van der Waals surface area contributed by atoms with Crippen molar-refractivity contribution in [2.24, 2.45) is 0 Å². The Labute approximate surface area is 70.2 Å². The normalized spacial score (nSPS) is 49.2. The van der Waals surface area contributed by atoms with E-state index in [2.05, 4.69) is 0 Å². The topological polar surface area (TPSA) is 90.2 Å². The van der Waals surface area contributed by atoms with Crippen molar-refractivity contribution in [2.45, 2.75) is 37.4 Å². The molecule has 5 atom stereocenters. The molecule has 1 heterocycles. The number of hydrogen-bond acceptors (Lipinski definition) is 5. The number of ether oxygens (including phenoxy) is 1. The fourth-order valence-electron chi connectivity index (χ4n) is 1.29. The molecule has 5 nitrogen and oxygen atoms in total. The molecular weight excluding hydrogens is 164 g/mol. The van der Waals surface area contributed by atoms with Gasteiger partial charge >= 0.3 is 0 Å². The maximum absolute atomic E-state index is 9.23. The lowest BCUT2D eigenvalue weighted by Gasteiger charge is -2.38. The highest BCUT2D eigenvalue weighted by Crippen LogP contribution is 2.20. The van der Waals surface area contributed by atoms with E-state index in [1.807, 2.05) is 0 Å². The number of rotatable bonds is 1. The molecule has 72 valence electrons. The molecule has 1 rings (SSSR count). The van der Waals surface area contributed by atoms with Crippen molar-refractivity contribution in [3.05, 3.63) is 0 Å². The first kappa shape index (κ1) is 9.88. The van der Waals surface area contributed by atoms with Crippen molar-refractivity contribution in [3.8, 4) is 0 Å². The van der Waals surface area contributed by atoms with Crippen LogP contribution in [0.25, 0.3) is 0 Å². The van der Waals surface area contributed by atoms with E-state index in [4.69, 9.17) is 9.84 Å². The third-order valence-corrected chi connectivity index (χ3v) is 2.13. The molecule has 0 radical (unpaired) electrons. The van der Waals surface area contributed by atoms with Crippen LogP contribution in [-0.4, -0.2) is 57.6 Å². The molecule has 0 aliphatic carbocycles. The summed E-state index contributed by atoms with van der Waals surface area (Å²) in [6, 6.07) is 0. The third-order valence-electron chi connectivity index (χ3n) is 2.13. The minimum absolute atomic E-state index is 0.366. The lowest BCUT2D eigenvalue weighted by atomic mass is 9.96. The second-order valence-electron chi connectivity index (χ2n) is 3.03. The van der Waals surface area contributed by atoms with Gasteiger partial charge in [0.15, 0.2) is 0 Å². The fourth-order valence-corrected chi connectivity index (χ4v) is 1.29. The van der Waals surface area contributed by atoms with E-state index in [9.17, 15) is 15.3 Å². The zero-order valence-electron chi connectivity index (χ0n) is 6.79. The summed E-state index contributed by atoms with van der Waals surface area (Å²) in [5.41, 5.74) is 0. The molecule has 1 fully saturated rings. The third kappa shape index (κ3) is 1.60. The molecule has 0 aromatic carbocycles. The molecule has 1 unspecified atom stereocenters. The molecule has 1 saturated heterocycles. The van der Waals surface area contributed by atoms with E-state index in [1.54, 1.807) is 6.92 Å². The second kappa shape index (κ2) is 3.68. The lowest BCUT2D eigenvalue weighted by Crippen LogP contribution is -2.57. The Morgan fingerprint density at radius 2 is 1.67 bits per heavy atom. The van der Waals surface area contributed by atoms with Gasteiger partial charge < -0.3 is 25.2 Å². The molecule has 1 aliphatic rings. The van der Waals surface area contributed by atoms with E-state index >= 15 is 0 Å².